The van der Waals surface area contributed by atoms with Gasteiger partial charge in [-0.3, -0.25) is 0 Å². The van der Waals surface area contributed by atoms with Gasteiger partial charge in [-0.2, -0.15) is 0 Å². The van der Waals surface area contributed by atoms with E-state index in [1.54, 1.807) is 7.11 Å². The highest BCUT2D eigenvalue weighted by Gasteiger charge is 2.09. The fourth-order valence-electron chi connectivity index (χ4n) is 2.59. The zero-order valence-corrected chi connectivity index (χ0v) is 12.8. The monoisotopic (exact) mass is 275 g/mol. The number of aromatic amines is 1. The van der Waals surface area contributed by atoms with Crippen LogP contribution >= 0.6 is 0 Å². The van der Waals surface area contributed by atoms with E-state index in [0.717, 1.165) is 24.0 Å². The van der Waals surface area contributed by atoms with Crippen molar-refractivity contribution in [3.63, 3.8) is 0 Å². The summed E-state index contributed by atoms with van der Waals surface area (Å²) < 4.78 is 5.21. The minimum Gasteiger partial charge on any atom is -0.481 e. The molecule has 0 amide bonds. The number of pyridine rings is 1. The molecular weight excluding hydrogens is 250 g/mol. The molecule has 1 N–H and O–H groups in total. The predicted molar refractivity (Wildman–Crippen MR) is 83.4 cm³/mol. The van der Waals surface area contributed by atoms with Crippen LogP contribution < -0.4 is 4.74 Å². The third-order valence-corrected chi connectivity index (χ3v) is 3.56. The van der Waals surface area contributed by atoms with Crippen molar-refractivity contribution in [2.45, 2.75) is 33.1 Å². The van der Waals surface area contributed by atoms with E-state index in [9.17, 15) is 0 Å². The number of nitrogens with one attached hydrogen (secondary N) is 1. The molecule has 0 unspecified atom stereocenters. The van der Waals surface area contributed by atoms with E-state index in [-0.39, 0.29) is 0 Å². The molecule has 4 nitrogen and oxygen atoms in total. The van der Waals surface area contributed by atoms with Crippen molar-refractivity contribution in [2.24, 2.45) is 0 Å². The first-order valence-corrected chi connectivity index (χ1v) is 7.51. The van der Waals surface area contributed by atoms with E-state index >= 15 is 0 Å². The molecule has 0 radical (unpaired) electrons. The molecular formula is C16H25N3O. The molecule has 2 rings (SSSR count). The van der Waals surface area contributed by atoms with Gasteiger partial charge in [-0.25, -0.2) is 4.98 Å². The Bertz CT molecular complexity index is 530. The van der Waals surface area contributed by atoms with E-state index in [4.69, 9.17) is 4.74 Å². The van der Waals surface area contributed by atoms with Gasteiger partial charge in [0.25, 0.3) is 0 Å². The highest BCUT2D eigenvalue weighted by atomic mass is 16.5. The molecule has 0 aliphatic rings. The minimum atomic E-state index is 0.678. The first kappa shape index (κ1) is 14.9. The summed E-state index contributed by atoms with van der Waals surface area (Å²) in [6.45, 7) is 7.91. The molecule has 0 aromatic carbocycles. The molecule has 0 spiro atoms. The normalized spacial score (nSPS) is 11.4. The Balaban J connectivity index is 2.08. The summed E-state index contributed by atoms with van der Waals surface area (Å²) in [5.74, 6) is 0.678. The molecule has 20 heavy (non-hydrogen) atoms. The Hall–Kier alpha value is -1.55. The summed E-state index contributed by atoms with van der Waals surface area (Å²) in [5.41, 5.74) is 3.40. The van der Waals surface area contributed by atoms with Gasteiger partial charge in [-0.05, 0) is 44.0 Å². The summed E-state index contributed by atoms with van der Waals surface area (Å²) in [6.07, 6.45) is 5.52. The Morgan fingerprint density at radius 3 is 2.55 bits per heavy atom. The van der Waals surface area contributed by atoms with Crippen LogP contribution in [0, 0.1) is 0 Å². The maximum Gasteiger partial charge on any atom is 0.213 e. The number of hydrogen-bond acceptors (Lipinski definition) is 3. The van der Waals surface area contributed by atoms with Crippen LogP contribution in [0.4, 0.5) is 0 Å². The van der Waals surface area contributed by atoms with Crippen LogP contribution in [0.5, 0.6) is 5.88 Å². The summed E-state index contributed by atoms with van der Waals surface area (Å²) in [4.78, 5) is 10.4. The van der Waals surface area contributed by atoms with Gasteiger partial charge in [0, 0.05) is 18.8 Å². The topological polar surface area (TPSA) is 41.2 Å². The average molecular weight is 275 g/mol. The maximum absolute atomic E-state index is 5.21. The first-order valence-electron chi connectivity index (χ1n) is 7.51. The Morgan fingerprint density at radius 2 is 1.90 bits per heavy atom. The number of rotatable bonds is 8. The SMILES string of the molecule is CCCN(CCC)CCc1c[nH]c2ccc(OC)nc12. The summed E-state index contributed by atoms with van der Waals surface area (Å²) in [5, 5.41) is 0. The minimum absolute atomic E-state index is 0.678. The molecule has 0 atom stereocenters. The first-order chi connectivity index (χ1) is 9.78. The smallest absolute Gasteiger partial charge is 0.213 e. The van der Waals surface area contributed by atoms with Crippen molar-refractivity contribution in [3.8, 4) is 5.88 Å². The van der Waals surface area contributed by atoms with Crippen molar-refractivity contribution in [3.05, 3.63) is 23.9 Å². The van der Waals surface area contributed by atoms with E-state index in [1.165, 1.54) is 31.5 Å². The molecule has 2 heterocycles. The van der Waals surface area contributed by atoms with Crippen molar-refractivity contribution in [1.82, 2.24) is 14.9 Å². The number of aromatic nitrogens is 2. The molecule has 0 fully saturated rings. The number of methoxy groups -OCH3 is 1. The van der Waals surface area contributed by atoms with Gasteiger partial charge in [0.05, 0.1) is 18.1 Å². The highest BCUT2D eigenvalue weighted by molar-refractivity contribution is 5.79. The number of nitrogens with zero attached hydrogens (tertiary/aromatic N) is 2. The van der Waals surface area contributed by atoms with Gasteiger partial charge < -0.3 is 14.6 Å². The lowest BCUT2D eigenvalue weighted by Crippen LogP contribution is -2.27. The predicted octanol–water partition coefficient (Wildman–Crippen LogP) is 3.24. The Morgan fingerprint density at radius 1 is 1.15 bits per heavy atom. The summed E-state index contributed by atoms with van der Waals surface area (Å²) in [7, 11) is 1.66. The second-order valence-electron chi connectivity index (χ2n) is 5.16. The number of ether oxygens (including phenoxy) is 1. The summed E-state index contributed by atoms with van der Waals surface area (Å²) in [6, 6.07) is 3.92. The van der Waals surface area contributed by atoms with Gasteiger partial charge in [0.1, 0.15) is 0 Å². The quantitative estimate of drug-likeness (QED) is 0.804. The number of fused-ring (bicyclic) bond motifs is 1. The molecule has 2 aromatic rings. The molecule has 2 aromatic heterocycles. The van der Waals surface area contributed by atoms with E-state index in [1.807, 2.05) is 12.1 Å². The Labute approximate surface area is 121 Å². The van der Waals surface area contributed by atoms with Gasteiger partial charge >= 0.3 is 0 Å². The lowest BCUT2D eigenvalue weighted by Gasteiger charge is -2.20. The van der Waals surface area contributed by atoms with Crippen LogP contribution in [-0.4, -0.2) is 41.6 Å². The lowest BCUT2D eigenvalue weighted by atomic mass is 10.2. The molecule has 110 valence electrons. The molecule has 0 saturated heterocycles. The zero-order chi connectivity index (χ0) is 14.4. The largest absolute Gasteiger partial charge is 0.481 e. The zero-order valence-electron chi connectivity index (χ0n) is 12.8. The number of hydrogen-bond donors (Lipinski definition) is 1. The van der Waals surface area contributed by atoms with E-state index in [2.05, 4.69) is 34.9 Å². The van der Waals surface area contributed by atoms with Gasteiger partial charge in [0.15, 0.2) is 0 Å². The highest BCUT2D eigenvalue weighted by Crippen LogP contribution is 2.20. The molecule has 4 heteroatoms. The fourth-order valence-corrected chi connectivity index (χ4v) is 2.59. The molecule has 0 saturated carbocycles. The van der Waals surface area contributed by atoms with Gasteiger partial charge in [-0.15, -0.1) is 0 Å². The van der Waals surface area contributed by atoms with Crippen LogP contribution in [0.2, 0.25) is 0 Å². The van der Waals surface area contributed by atoms with Crippen LogP contribution in [-0.2, 0) is 6.42 Å². The molecule has 0 aliphatic heterocycles. The second-order valence-corrected chi connectivity index (χ2v) is 5.16. The lowest BCUT2D eigenvalue weighted by molar-refractivity contribution is 0.278. The van der Waals surface area contributed by atoms with Crippen LogP contribution in [0.25, 0.3) is 11.0 Å². The third kappa shape index (κ3) is 3.51. The molecule has 0 bridgehead atoms. The van der Waals surface area contributed by atoms with Crippen LogP contribution in [0.1, 0.15) is 32.3 Å². The third-order valence-electron chi connectivity index (χ3n) is 3.56. The van der Waals surface area contributed by atoms with Crippen molar-refractivity contribution in [1.29, 1.82) is 0 Å². The Kier molecular flexibility index (Phi) is 5.41. The van der Waals surface area contributed by atoms with Crippen LogP contribution in [0.3, 0.4) is 0 Å². The van der Waals surface area contributed by atoms with E-state index in [0.29, 0.717) is 5.88 Å². The van der Waals surface area contributed by atoms with Crippen molar-refractivity contribution < 1.29 is 4.74 Å². The number of H-pyrrole nitrogens is 1. The standard InChI is InChI=1S/C16H25N3O/c1-4-9-19(10-5-2)11-8-13-12-17-14-6-7-15(20-3)18-16(13)14/h6-7,12,17H,4-5,8-11H2,1-3H3. The molecule has 0 aliphatic carbocycles. The fraction of sp³-hybridized carbons (Fsp3) is 0.562. The van der Waals surface area contributed by atoms with Crippen LogP contribution in [0.15, 0.2) is 18.3 Å². The van der Waals surface area contributed by atoms with Crippen molar-refractivity contribution >= 4 is 11.0 Å². The average Bonchev–Trinajstić information content (AvgIpc) is 2.87. The van der Waals surface area contributed by atoms with Crippen molar-refractivity contribution in [2.75, 3.05) is 26.7 Å². The maximum atomic E-state index is 5.21. The van der Waals surface area contributed by atoms with E-state index < -0.39 is 0 Å². The van der Waals surface area contributed by atoms with Gasteiger partial charge in [0.2, 0.25) is 5.88 Å². The second kappa shape index (κ2) is 7.29. The summed E-state index contributed by atoms with van der Waals surface area (Å²) >= 11 is 0. The van der Waals surface area contributed by atoms with Gasteiger partial charge in [-0.1, -0.05) is 13.8 Å².